The lowest BCUT2D eigenvalue weighted by Crippen LogP contribution is -2.45. The molecule has 0 atom stereocenters. The highest BCUT2D eigenvalue weighted by atomic mass is 32.1. The molecular formula is C22H23N5OS. The highest BCUT2D eigenvalue weighted by Gasteiger charge is 2.22. The molecule has 3 aromatic heterocycles. The lowest BCUT2D eigenvalue weighted by Gasteiger charge is -2.32. The number of para-hydroxylation sites is 1. The molecule has 6 nitrogen and oxygen atoms in total. The standard InChI is InChI=1S/C22H23N5OS/c28-22(15-27-10-7-16-4-1-2-5-19(16)27)23-17-8-11-26(12-9-17)21-14-18(24-25-21)20-6-3-13-29-20/h1-7,10,13-14,17H,8-9,11-12,15H2,(H,23,28)(H,24,25). The Morgan fingerprint density at radius 3 is 2.86 bits per heavy atom. The Bertz CT molecular complexity index is 1110. The highest BCUT2D eigenvalue weighted by Crippen LogP contribution is 2.27. The van der Waals surface area contributed by atoms with E-state index >= 15 is 0 Å². The molecule has 1 aromatic carbocycles. The summed E-state index contributed by atoms with van der Waals surface area (Å²) in [5.74, 6) is 1.06. The molecule has 7 heteroatoms. The smallest absolute Gasteiger partial charge is 0.240 e. The van der Waals surface area contributed by atoms with Crippen molar-refractivity contribution in [1.82, 2.24) is 20.1 Å². The van der Waals surface area contributed by atoms with E-state index < -0.39 is 0 Å². The van der Waals surface area contributed by atoms with Gasteiger partial charge in [-0.15, -0.1) is 11.3 Å². The summed E-state index contributed by atoms with van der Waals surface area (Å²) < 4.78 is 2.01. The minimum absolute atomic E-state index is 0.0737. The molecule has 1 fully saturated rings. The molecule has 2 N–H and O–H groups in total. The molecular weight excluding hydrogens is 382 g/mol. The summed E-state index contributed by atoms with van der Waals surface area (Å²) in [5, 5.41) is 14.1. The number of nitrogens with zero attached hydrogens (tertiary/aromatic N) is 3. The number of amides is 1. The molecule has 5 rings (SSSR count). The summed E-state index contributed by atoms with van der Waals surface area (Å²) in [5.41, 5.74) is 2.15. The van der Waals surface area contributed by atoms with Crippen LogP contribution in [0.2, 0.25) is 0 Å². The van der Waals surface area contributed by atoms with Gasteiger partial charge in [0.25, 0.3) is 0 Å². The second kappa shape index (κ2) is 7.75. The van der Waals surface area contributed by atoms with E-state index in [4.69, 9.17) is 0 Å². The van der Waals surface area contributed by atoms with Crippen LogP contribution >= 0.6 is 11.3 Å². The summed E-state index contributed by atoms with van der Waals surface area (Å²) in [6.07, 6.45) is 3.84. The number of fused-ring (bicyclic) bond motifs is 1. The van der Waals surface area contributed by atoms with Crippen LogP contribution in [0.25, 0.3) is 21.5 Å². The van der Waals surface area contributed by atoms with Gasteiger partial charge in [-0.2, -0.15) is 5.10 Å². The number of thiophene rings is 1. The Morgan fingerprint density at radius 1 is 1.17 bits per heavy atom. The number of aromatic amines is 1. The van der Waals surface area contributed by atoms with Crippen LogP contribution in [0.15, 0.2) is 60.1 Å². The Labute approximate surface area is 173 Å². The van der Waals surface area contributed by atoms with Gasteiger partial charge in [0.15, 0.2) is 5.82 Å². The SMILES string of the molecule is O=C(Cn1ccc2ccccc21)NC1CCN(c2cc(-c3cccs3)[nH]n2)CC1. The molecule has 0 bridgehead atoms. The predicted octanol–water partition coefficient (Wildman–Crippen LogP) is 3.88. The fourth-order valence-corrected chi connectivity index (χ4v) is 4.68. The van der Waals surface area contributed by atoms with E-state index in [0.29, 0.717) is 6.54 Å². The van der Waals surface area contributed by atoms with E-state index in [9.17, 15) is 4.79 Å². The van der Waals surface area contributed by atoms with Gasteiger partial charge >= 0.3 is 0 Å². The number of H-pyrrole nitrogens is 1. The van der Waals surface area contributed by atoms with E-state index in [1.165, 1.54) is 4.88 Å². The first-order chi connectivity index (χ1) is 14.3. The van der Waals surface area contributed by atoms with E-state index in [1.807, 2.05) is 29.0 Å². The van der Waals surface area contributed by atoms with Gasteiger partial charge in [-0.3, -0.25) is 9.89 Å². The van der Waals surface area contributed by atoms with Crippen LogP contribution in [0.4, 0.5) is 5.82 Å². The van der Waals surface area contributed by atoms with E-state index in [0.717, 1.165) is 48.3 Å². The van der Waals surface area contributed by atoms with Gasteiger partial charge in [0.05, 0.1) is 10.6 Å². The molecule has 148 valence electrons. The molecule has 1 aliphatic rings. The summed E-state index contributed by atoms with van der Waals surface area (Å²) in [7, 11) is 0. The second-order valence-electron chi connectivity index (χ2n) is 7.45. The molecule has 4 aromatic rings. The van der Waals surface area contributed by atoms with Crippen molar-refractivity contribution >= 4 is 34.0 Å². The number of benzene rings is 1. The van der Waals surface area contributed by atoms with Crippen LogP contribution in [-0.4, -0.2) is 39.8 Å². The Kier molecular flexibility index (Phi) is 4.81. The monoisotopic (exact) mass is 405 g/mol. The summed E-state index contributed by atoms with van der Waals surface area (Å²) >= 11 is 1.71. The van der Waals surface area contributed by atoms with Gasteiger partial charge in [-0.25, -0.2) is 0 Å². The predicted molar refractivity (Wildman–Crippen MR) is 117 cm³/mol. The largest absolute Gasteiger partial charge is 0.355 e. The number of carbonyl (C=O) groups excluding carboxylic acids is 1. The van der Waals surface area contributed by atoms with E-state index in [-0.39, 0.29) is 11.9 Å². The number of carbonyl (C=O) groups is 1. The minimum atomic E-state index is 0.0737. The summed E-state index contributed by atoms with van der Waals surface area (Å²) in [4.78, 5) is 16.0. The van der Waals surface area contributed by atoms with Crippen molar-refractivity contribution in [2.45, 2.75) is 25.4 Å². The van der Waals surface area contributed by atoms with Gasteiger partial charge in [-0.05, 0) is 41.8 Å². The van der Waals surface area contributed by atoms with Gasteiger partial charge in [0, 0.05) is 36.9 Å². The Morgan fingerprint density at radius 2 is 2.03 bits per heavy atom. The van der Waals surface area contributed by atoms with Crippen LogP contribution in [0.5, 0.6) is 0 Å². The zero-order chi connectivity index (χ0) is 19.6. The van der Waals surface area contributed by atoms with Crippen LogP contribution in [0.3, 0.4) is 0 Å². The fraction of sp³-hybridized carbons (Fsp3) is 0.273. The fourth-order valence-electron chi connectivity index (χ4n) is 3.99. The lowest BCUT2D eigenvalue weighted by atomic mass is 10.1. The zero-order valence-electron chi connectivity index (χ0n) is 16.0. The third kappa shape index (κ3) is 3.78. The van der Waals surface area contributed by atoms with Gasteiger partial charge in [0.2, 0.25) is 5.91 Å². The van der Waals surface area contributed by atoms with Gasteiger partial charge < -0.3 is 14.8 Å². The molecule has 0 unspecified atom stereocenters. The molecule has 1 saturated heterocycles. The number of anilines is 1. The molecule has 0 radical (unpaired) electrons. The van der Waals surface area contributed by atoms with E-state index in [2.05, 4.69) is 56.1 Å². The molecule has 0 saturated carbocycles. The quantitative estimate of drug-likeness (QED) is 0.530. The molecule has 0 spiro atoms. The number of piperidine rings is 1. The third-order valence-electron chi connectivity index (χ3n) is 5.53. The minimum Gasteiger partial charge on any atom is -0.355 e. The number of rotatable bonds is 5. The maximum Gasteiger partial charge on any atom is 0.240 e. The zero-order valence-corrected chi connectivity index (χ0v) is 16.9. The van der Waals surface area contributed by atoms with Crippen molar-refractivity contribution in [3.05, 3.63) is 60.1 Å². The van der Waals surface area contributed by atoms with Crippen molar-refractivity contribution in [1.29, 1.82) is 0 Å². The molecule has 1 aliphatic heterocycles. The normalized spacial score (nSPS) is 15.1. The van der Waals surface area contributed by atoms with Crippen molar-refractivity contribution in [3.63, 3.8) is 0 Å². The summed E-state index contributed by atoms with van der Waals surface area (Å²) in [6.45, 7) is 2.15. The molecule has 29 heavy (non-hydrogen) atoms. The Balaban J connectivity index is 1.15. The first-order valence-electron chi connectivity index (χ1n) is 9.94. The van der Waals surface area contributed by atoms with Crippen LogP contribution < -0.4 is 10.2 Å². The number of nitrogens with one attached hydrogen (secondary N) is 2. The number of hydrogen-bond donors (Lipinski definition) is 2. The van der Waals surface area contributed by atoms with Gasteiger partial charge in [-0.1, -0.05) is 24.3 Å². The van der Waals surface area contributed by atoms with Crippen LogP contribution in [0, 0.1) is 0 Å². The Hall–Kier alpha value is -3.06. The highest BCUT2D eigenvalue weighted by molar-refractivity contribution is 7.13. The molecule has 1 amide bonds. The third-order valence-corrected chi connectivity index (χ3v) is 6.43. The van der Waals surface area contributed by atoms with E-state index in [1.54, 1.807) is 11.3 Å². The van der Waals surface area contributed by atoms with Crippen molar-refractivity contribution in [2.75, 3.05) is 18.0 Å². The van der Waals surface area contributed by atoms with Crippen LogP contribution in [0.1, 0.15) is 12.8 Å². The first-order valence-corrected chi connectivity index (χ1v) is 10.8. The van der Waals surface area contributed by atoms with Crippen molar-refractivity contribution in [3.8, 4) is 10.6 Å². The lowest BCUT2D eigenvalue weighted by molar-refractivity contribution is -0.122. The topological polar surface area (TPSA) is 66.0 Å². The average molecular weight is 406 g/mol. The van der Waals surface area contributed by atoms with Crippen molar-refractivity contribution < 1.29 is 4.79 Å². The second-order valence-corrected chi connectivity index (χ2v) is 8.40. The number of aromatic nitrogens is 3. The number of hydrogen-bond acceptors (Lipinski definition) is 4. The van der Waals surface area contributed by atoms with Gasteiger partial charge in [0.1, 0.15) is 6.54 Å². The maximum atomic E-state index is 12.5. The summed E-state index contributed by atoms with van der Waals surface area (Å²) in [6, 6.07) is 16.7. The maximum absolute atomic E-state index is 12.5. The molecule has 0 aliphatic carbocycles. The van der Waals surface area contributed by atoms with Crippen molar-refractivity contribution in [2.24, 2.45) is 0 Å². The van der Waals surface area contributed by atoms with Crippen LogP contribution in [-0.2, 0) is 11.3 Å². The average Bonchev–Trinajstić information content (AvgIpc) is 3.50. The molecule has 4 heterocycles. The first kappa shape index (κ1) is 18.0.